The molecule has 0 unspecified atom stereocenters. The van der Waals surface area contributed by atoms with E-state index in [9.17, 15) is 4.79 Å². The molecule has 2 saturated heterocycles. The Morgan fingerprint density at radius 2 is 1.90 bits per heavy atom. The van der Waals surface area contributed by atoms with Gasteiger partial charge in [-0.2, -0.15) is 0 Å². The van der Waals surface area contributed by atoms with Crippen LogP contribution in [0.2, 0.25) is 0 Å². The second-order valence-corrected chi connectivity index (χ2v) is 5.61. The van der Waals surface area contributed by atoms with Gasteiger partial charge < -0.3 is 14.4 Å². The molecule has 3 rings (SSSR count). The molecule has 0 aromatic heterocycles. The Hall–Kier alpha value is -1.55. The number of benzene rings is 1. The van der Waals surface area contributed by atoms with E-state index < -0.39 is 0 Å². The number of hydrogen-bond donors (Lipinski definition) is 0. The fraction of sp³-hybridized carbons (Fsp3) is 0.562. The fourth-order valence-electron chi connectivity index (χ4n) is 2.73. The summed E-state index contributed by atoms with van der Waals surface area (Å²) in [5.41, 5.74) is 0. The van der Waals surface area contributed by atoms with Gasteiger partial charge in [-0.3, -0.25) is 4.79 Å². The molecule has 1 aromatic rings. The minimum Gasteiger partial charge on any atom is -0.487 e. The van der Waals surface area contributed by atoms with Gasteiger partial charge in [-0.25, -0.2) is 0 Å². The van der Waals surface area contributed by atoms with Crippen LogP contribution in [0.15, 0.2) is 30.3 Å². The van der Waals surface area contributed by atoms with Crippen molar-refractivity contribution in [2.24, 2.45) is 5.92 Å². The monoisotopic (exact) mass is 275 g/mol. The second kappa shape index (κ2) is 6.27. The molecule has 1 aromatic carbocycles. The van der Waals surface area contributed by atoms with Crippen molar-refractivity contribution in [1.29, 1.82) is 0 Å². The molecule has 4 heteroatoms. The third kappa shape index (κ3) is 3.31. The predicted molar refractivity (Wildman–Crippen MR) is 75.6 cm³/mol. The average Bonchev–Trinajstić information content (AvgIpc) is 2.44. The van der Waals surface area contributed by atoms with E-state index in [0.29, 0.717) is 12.3 Å². The van der Waals surface area contributed by atoms with Crippen LogP contribution in [0.1, 0.15) is 19.3 Å². The Morgan fingerprint density at radius 3 is 2.60 bits per heavy atom. The number of amides is 1. The molecule has 1 amide bonds. The van der Waals surface area contributed by atoms with Crippen molar-refractivity contribution in [2.45, 2.75) is 25.4 Å². The Balaban J connectivity index is 1.40. The zero-order chi connectivity index (χ0) is 13.8. The summed E-state index contributed by atoms with van der Waals surface area (Å²) in [6.07, 6.45) is 2.85. The number of nitrogens with zero attached hydrogens (tertiary/aromatic N) is 1. The number of hydrogen-bond acceptors (Lipinski definition) is 3. The molecule has 4 nitrogen and oxygen atoms in total. The van der Waals surface area contributed by atoms with Crippen LogP contribution in [0.4, 0.5) is 0 Å². The molecule has 108 valence electrons. The summed E-state index contributed by atoms with van der Waals surface area (Å²) in [5.74, 6) is 1.66. The van der Waals surface area contributed by atoms with Crippen molar-refractivity contribution in [3.63, 3.8) is 0 Å². The fourth-order valence-corrected chi connectivity index (χ4v) is 2.73. The SMILES string of the molecule is O=C(CC1CCOCC1)N1CC(Oc2ccccc2)C1. The lowest BCUT2D eigenvalue weighted by molar-refractivity contribution is -0.141. The van der Waals surface area contributed by atoms with Gasteiger partial charge in [0.15, 0.2) is 0 Å². The quantitative estimate of drug-likeness (QED) is 0.844. The van der Waals surface area contributed by atoms with Gasteiger partial charge in [0.05, 0.1) is 13.1 Å². The standard InChI is InChI=1S/C16H21NO3/c18-16(10-13-6-8-19-9-7-13)17-11-15(12-17)20-14-4-2-1-3-5-14/h1-5,13,15H,6-12H2. The molecule has 0 N–H and O–H groups in total. The Kier molecular flexibility index (Phi) is 4.21. The minimum atomic E-state index is 0.149. The molecule has 20 heavy (non-hydrogen) atoms. The topological polar surface area (TPSA) is 38.8 Å². The van der Waals surface area contributed by atoms with Crippen molar-refractivity contribution in [1.82, 2.24) is 4.90 Å². The molecule has 2 fully saturated rings. The third-order valence-corrected chi connectivity index (χ3v) is 4.05. The Labute approximate surface area is 119 Å². The van der Waals surface area contributed by atoms with Crippen molar-refractivity contribution >= 4 is 5.91 Å². The van der Waals surface area contributed by atoms with Gasteiger partial charge in [-0.15, -0.1) is 0 Å². The van der Waals surface area contributed by atoms with E-state index in [0.717, 1.165) is 44.9 Å². The smallest absolute Gasteiger partial charge is 0.223 e. The molecule has 2 heterocycles. The maximum Gasteiger partial charge on any atom is 0.223 e. The zero-order valence-corrected chi connectivity index (χ0v) is 11.7. The zero-order valence-electron chi connectivity index (χ0n) is 11.7. The lowest BCUT2D eigenvalue weighted by Gasteiger charge is -2.39. The van der Waals surface area contributed by atoms with E-state index in [1.54, 1.807) is 0 Å². The van der Waals surface area contributed by atoms with Crippen molar-refractivity contribution in [2.75, 3.05) is 26.3 Å². The summed E-state index contributed by atoms with van der Waals surface area (Å²) >= 11 is 0. The number of likely N-dealkylation sites (tertiary alicyclic amines) is 1. The maximum atomic E-state index is 12.1. The van der Waals surface area contributed by atoms with E-state index in [1.165, 1.54) is 0 Å². The number of carbonyl (C=O) groups excluding carboxylic acids is 1. The second-order valence-electron chi connectivity index (χ2n) is 5.61. The van der Waals surface area contributed by atoms with Crippen molar-refractivity contribution in [3.8, 4) is 5.75 Å². The van der Waals surface area contributed by atoms with E-state index in [2.05, 4.69) is 0 Å². The van der Waals surface area contributed by atoms with Crippen molar-refractivity contribution < 1.29 is 14.3 Å². The molecule has 0 aliphatic carbocycles. The molecule has 0 saturated carbocycles. The van der Waals surface area contributed by atoms with Crippen LogP contribution >= 0.6 is 0 Å². The largest absolute Gasteiger partial charge is 0.487 e. The van der Waals surface area contributed by atoms with E-state index in [4.69, 9.17) is 9.47 Å². The third-order valence-electron chi connectivity index (χ3n) is 4.05. The normalized spacial score (nSPS) is 20.5. The lowest BCUT2D eigenvalue weighted by Crippen LogP contribution is -2.56. The average molecular weight is 275 g/mol. The first-order chi connectivity index (χ1) is 9.81. The first kappa shape index (κ1) is 13.4. The highest BCUT2D eigenvalue weighted by Gasteiger charge is 2.33. The molecule has 0 spiro atoms. The molecule has 0 atom stereocenters. The summed E-state index contributed by atoms with van der Waals surface area (Å²) < 4.78 is 11.1. The van der Waals surface area contributed by atoms with Crippen LogP contribution < -0.4 is 4.74 Å². The molecular weight excluding hydrogens is 254 g/mol. The van der Waals surface area contributed by atoms with Crippen LogP contribution in [0, 0.1) is 5.92 Å². The first-order valence-electron chi connectivity index (χ1n) is 7.38. The van der Waals surface area contributed by atoms with Crippen LogP contribution in [-0.4, -0.2) is 43.2 Å². The van der Waals surface area contributed by atoms with Gasteiger partial charge in [0, 0.05) is 19.6 Å². The van der Waals surface area contributed by atoms with Gasteiger partial charge in [0.1, 0.15) is 11.9 Å². The predicted octanol–water partition coefficient (Wildman–Crippen LogP) is 2.09. The van der Waals surface area contributed by atoms with Gasteiger partial charge in [-0.05, 0) is 30.9 Å². The highest BCUT2D eigenvalue weighted by molar-refractivity contribution is 5.77. The molecule has 0 radical (unpaired) electrons. The van der Waals surface area contributed by atoms with Gasteiger partial charge in [0.2, 0.25) is 5.91 Å². The van der Waals surface area contributed by atoms with Gasteiger partial charge in [-0.1, -0.05) is 18.2 Å². The maximum absolute atomic E-state index is 12.1. The summed E-state index contributed by atoms with van der Waals surface area (Å²) in [5, 5.41) is 0. The summed E-state index contributed by atoms with van der Waals surface area (Å²) in [4.78, 5) is 14.0. The molecule has 2 aliphatic heterocycles. The number of para-hydroxylation sites is 1. The summed E-state index contributed by atoms with van der Waals surface area (Å²) in [6, 6.07) is 9.79. The number of carbonyl (C=O) groups is 1. The highest BCUT2D eigenvalue weighted by atomic mass is 16.5. The van der Waals surface area contributed by atoms with E-state index in [1.807, 2.05) is 35.2 Å². The van der Waals surface area contributed by atoms with Crippen LogP contribution in [0.3, 0.4) is 0 Å². The highest BCUT2D eigenvalue weighted by Crippen LogP contribution is 2.23. The molecule has 0 bridgehead atoms. The Bertz CT molecular complexity index is 436. The molecule has 2 aliphatic rings. The Morgan fingerprint density at radius 1 is 1.20 bits per heavy atom. The van der Waals surface area contributed by atoms with Crippen LogP contribution in [-0.2, 0) is 9.53 Å². The minimum absolute atomic E-state index is 0.149. The summed E-state index contributed by atoms with van der Waals surface area (Å²) in [7, 11) is 0. The van der Waals surface area contributed by atoms with E-state index in [-0.39, 0.29) is 12.0 Å². The van der Waals surface area contributed by atoms with E-state index >= 15 is 0 Å². The number of rotatable bonds is 4. The van der Waals surface area contributed by atoms with Gasteiger partial charge in [0.25, 0.3) is 0 Å². The van der Waals surface area contributed by atoms with Gasteiger partial charge >= 0.3 is 0 Å². The van der Waals surface area contributed by atoms with Crippen molar-refractivity contribution in [3.05, 3.63) is 30.3 Å². The first-order valence-corrected chi connectivity index (χ1v) is 7.38. The van der Waals surface area contributed by atoms with Crippen LogP contribution in [0.5, 0.6) is 5.75 Å². The van der Waals surface area contributed by atoms with Crippen LogP contribution in [0.25, 0.3) is 0 Å². The number of ether oxygens (including phenoxy) is 2. The summed E-state index contributed by atoms with van der Waals surface area (Å²) in [6.45, 7) is 3.04. The lowest BCUT2D eigenvalue weighted by atomic mass is 9.95. The molecular formula is C16H21NO3.